The van der Waals surface area contributed by atoms with Crippen LogP contribution in [0.25, 0.3) is 11.3 Å². The standard InChI is InChI=1S/C34H34N4O/c1-34(2,3)31(38(24-27-16-13-21-35-22-27)33(39)29-19-11-6-12-20-29)32-36-30(28-17-9-5-10-18-28)25-37(32)23-26-14-7-4-8-15-26/h4-22,25,31H,23-24H2,1-3H3. The summed E-state index contributed by atoms with van der Waals surface area (Å²) >= 11 is 0. The maximum Gasteiger partial charge on any atom is 0.254 e. The lowest BCUT2D eigenvalue weighted by atomic mass is 9.84. The number of nitrogens with zero attached hydrogens (tertiary/aromatic N) is 4. The fourth-order valence-electron chi connectivity index (χ4n) is 5.01. The minimum atomic E-state index is -0.319. The van der Waals surface area contributed by atoms with Crippen LogP contribution in [0.15, 0.2) is 122 Å². The van der Waals surface area contributed by atoms with Gasteiger partial charge in [0.15, 0.2) is 0 Å². The molecule has 0 bridgehead atoms. The molecule has 2 aromatic heterocycles. The van der Waals surface area contributed by atoms with E-state index in [1.165, 1.54) is 5.56 Å². The van der Waals surface area contributed by atoms with Gasteiger partial charge in [0.2, 0.25) is 0 Å². The highest BCUT2D eigenvalue weighted by molar-refractivity contribution is 5.94. The van der Waals surface area contributed by atoms with Crippen molar-refractivity contribution in [2.45, 2.75) is 39.9 Å². The van der Waals surface area contributed by atoms with Crippen LogP contribution in [0.2, 0.25) is 0 Å². The molecule has 0 saturated heterocycles. The summed E-state index contributed by atoms with van der Waals surface area (Å²) in [6, 6.07) is 33.7. The van der Waals surface area contributed by atoms with Gasteiger partial charge in [-0.25, -0.2) is 4.98 Å². The Morgan fingerprint density at radius 1 is 0.821 bits per heavy atom. The second kappa shape index (κ2) is 11.5. The molecule has 39 heavy (non-hydrogen) atoms. The molecule has 1 unspecified atom stereocenters. The lowest BCUT2D eigenvalue weighted by Gasteiger charge is -2.40. The van der Waals surface area contributed by atoms with E-state index in [0.29, 0.717) is 18.7 Å². The molecule has 0 N–H and O–H groups in total. The van der Waals surface area contributed by atoms with E-state index in [1.807, 2.05) is 77.8 Å². The molecule has 5 rings (SSSR count). The van der Waals surface area contributed by atoms with E-state index in [0.717, 1.165) is 22.6 Å². The van der Waals surface area contributed by atoms with Crippen LogP contribution in [0.5, 0.6) is 0 Å². The first-order valence-corrected chi connectivity index (χ1v) is 13.3. The molecule has 0 radical (unpaired) electrons. The Hall–Kier alpha value is -4.51. The minimum absolute atomic E-state index is 0.0325. The number of amides is 1. The van der Waals surface area contributed by atoms with E-state index >= 15 is 0 Å². The summed E-state index contributed by atoms with van der Waals surface area (Å²) in [4.78, 5) is 25.7. The van der Waals surface area contributed by atoms with Gasteiger partial charge in [-0.15, -0.1) is 0 Å². The summed E-state index contributed by atoms with van der Waals surface area (Å²) < 4.78 is 2.21. The van der Waals surface area contributed by atoms with E-state index in [9.17, 15) is 4.79 Å². The van der Waals surface area contributed by atoms with Gasteiger partial charge in [0, 0.05) is 42.8 Å². The highest BCUT2D eigenvalue weighted by Gasteiger charge is 2.38. The van der Waals surface area contributed by atoms with Crippen LogP contribution in [-0.2, 0) is 13.1 Å². The first-order chi connectivity index (χ1) is 18.9. The Labute approximate surface area is 230 Å². The Morgan fingerprint density at radius 3 is 2.05 bits per heavy atom. The zero-order chi connectivity index (χ0) is 27.2. The molecule has 0 spiro atoms. The molecule has 5 nitrogen and oxygen atoms in total. The number of carbonyl (C=O) groups excluding carboxylic acids is 1. The van der Waals surface area contributed by atoms with Crippen molar-refractivity contribution >= 4 is 5.91 Å². The number of hydrogen-bond acceptors (Lipinski definition) is 3. The Bertz CT molecular complexity index is 1490. The number of imidazole rings is 1. The van der Waals surface area contributed by atoms with Gasteiger partial charge in [-0.3, -0.25) is 9.78 Å². The average Bonchev–Trinajstić information content (AvgIpc) is 3.36. The smallest absolute Gasteiger partial charge is 0.254 e. The largest absolute Gasteiger partial charge is 0.328 e. The van der Waals surface area contributed by atoms with Crippen molar-refractivity contribution in [3.05, 3.63) is 144 Å². The Kier molecular flexibility index (Phi) is 7.69. The first kappa shape index (κ1) is 26.1. The summed E-state index contributed by atoms with van der Waals surface area (Å²) in [5.41, 5.74) is 4.42. The molecule has 0 aliphatic rings. The van der Waals surface area contributed by atoms with Crippen LogP contribution in [-0.4, -0.2) is 25.3 Å². The van der Waals surface area contributed by atoms with E-state index in [1.54, 1.807) is 6.20 Å². The fraction of sp³-hybridized carbons (Fsp3) is 0.206. The molecule has 0 aliphatic heterocycles. The third kappa shape index (κ3) is 6.15. The van der Waals surface area contributed by atoms with Crippen molar-refractivity contribution in [1.82, 2.24) is 19.4 Å². The second-order valence-electron chi connectivity index (χ2n) is 10.9. The van der Waals surface area contributed by atoms with Crippen LogP contribution in [0.4, 0.5) is 0 Å². The molecule has 5 aromatic rings. The van der Waals surface area contributed by atoms with Crippen molar-refractivity contribution in [2.24, 2.45) is 5.41 Å². The van der Waals surface area contributed by atoms with Gasteiger partial charge in [0.1, 0.15) is 5.82 Å². The quantitative estimate of drug-likeness (QED) is 0.216. The monoisotopic (exact) mass is 514 g/mol. The third-order valence-corrected chi connectivity index (χ3v) is 6.81. The third-order valence-electron chi connectivity index (χ3n) is 6.81. The van der Waals surface area contributed by atoms with Crippen LogP contribution in [0.3, 0.4) is 0 Å². The molecule has 0 fully saturated rings. The molecule has 5 heteroatoms. The first-order valence-electron chi connectivity index (χ1n) is 13.3. The van der Waals surface area contributed by atoms with Crippen LogP contribution < -0.4 is 0 Å². The van der Waals surface area contributed by atoms with E-state index < -0.39 is 0 Å². The van der Waals surface area contributed by atoms with Gasteiger partial charge in [-0.1, -0.05) is 106 Å². The highest BCUT2D eigenvalue weighted by atomic mass is 16.2. The molecule has 2 heterocycles. The van der Waals surface area contributed by atoms with Gasteiger partial charge in [-0.05, 0) is 34.7 Å². The maximum atomic E-state index is 14.2. The number of pyridine rings is 1. The number of hydrogen-bond donors (Lipinski definition) is 0. The Balaban J connectivity index is 1.67. The lowest BCUT2D eigenvalue weighted by Crippen LogP contribution is -2.42. The predicted molar refractivity (Wildman–Crippen MR) is 156 cm³/mol. The molecule has 0 aliphatic carbocycles. The molecular formula is C34H34N4O. The topological polar surface area (TPSA) is 51.0 Å². The lowest BCUT2D eigenvalue weighted by molar-refractivity contribution is 0.0456. The van der Waals surface area contributed by atoms with Gasteiger partial charge in [-0.2, -0.15) is 0 Å². The van der Waals surface area contributed by atoms with Crippen molar-refractivity contribution in [2.75, 3.05) is 0 Å². The van der Waals surface area contributed by atoms with Gasteiger partial charge in [0.05, 0.1) is 11.7 Å². The number of carbonyl (C=O) groups is 1. The molecule has 3 aromatic carbocycles. The van der Waals surface area contributed by atoms with Gasteiger partial charge < -0.3 is 9.47 Å². The van der Waals surface area contributed by atoms with E-state index in [-0.39, 0.29) is 17.4 Å². The van der Waals surface area contributed by atoms with Crippen molar-refractivity contribution in [1.29, 1.82) is 0 Å². The Morgan fingerprint density at radius 2 is 1.44 bits per heavy atom. The summed E-state index contributed by atoms with van der Waals surface area (Å²) in [5, 5.41) is 0. The van der Waals surface area contributed by atoms with E-state index in [4.69, 9.17) is 4.98 Å². The molecule has 1 amide bonds. The molecule has 196 valence electrons. The zero-order valence-corrected chi connectivity index (χ0v) is 22.7. The van der Waals surface area contributed by atoms with Crippen molar-refractivity contribution in [3.8, 4) is 11.3 Å². The van der Waals surface area contributed by atoms with Gasteiger partial charge >= 0.3 is 0 Å². The van der Waals surface area contributed by atoms with Crippen molar-refractivity contribution < 1.29 is 4.79 Å². The van der Waals surface area contributed by atoms with Gasteiger partial charge in [0.25, 0.3) is 5.91 Å². The average molecular weight is 515 g/mol. The van der Waals surface area contributed by atoms with E-state index in [2.05, 4.69) is 72.9 Å². The highest BCUT2D eigenvalue weighted by Crippen LogP contribution is 2.40. The van der Waals surface area contributed by atoms with Crippen molar-refractivity contribution in [3.63, 3.8) is 0 Å². The maximum absolute atomic E-state index is 14.2. The molecular weight excluding hydrogens is 480 g/mol. The predicted octanol–water partition coefficient (Wildman–Crippen LogP) is 7.42. The van der Waals surface area contributed by atoms with Crippen LogP contribution in [0, 0.1) is 5.41 Å². The van der Waals surface area contributed by atoms with Crippen LogP contribution in [0.1, 0.15) is 54.1 Å². The minimum Gasteiger partial charge on any atom is -0.328 e. The summed E-state index contributed by atoms with van der Waals surface area (Å²) in [7, 11) is 0. The molecule has 1 atom stereocenters. The number of aromatic nitrogens is 3. The second-order valence-corrected chi connectivity index (χ2v) is 10.9. The zero-order valence-electron chi connectivity index (χ0n) is 22.7. The number of rotatable bonds is 8. The SMILES string of the molecule is CC(C)(C)C(c1nc(-c2ccccc2)cn1Cc1ccccc1)N(Cc1cccnc1)C(=O)c1ccccc1. The fourth-order valence-corrected chi connectivity index (χ4v) is 5.01. The number of benzene rings is 3. The summed E-state index contributed by atoms with van der Waals surface area (Å²) in [5.74, 6) is 0.827. The van der Waals surface area contributed by atoms with Crippen LogP contribution >= 0.6 is 0 Å². The summed E-state index contributed by atoms with van der Waals surface area (Å²) in [6.45, 7) is 7.60. The normalized spacial score (nSPS) is 12.2. The summed E-state index contributed by atoms with van der Waals surface area (Å²) in [6.07, 6.45) is 5.70. The molecule has 0 saturated carbocycles.